The highest BCUT2D eigenvalue weighted by atomic mass is 32.2. The van der Waals surface area contributed by atoms with Crippen LogP contribution in [0.15, 0.2) is 41.4 Å². The van der Waals surface area contributed by atoms with Gasteiger partial charge in [0, 0.05) is 44.3 Å². The molecule has 2 aromatic heterocycles. The molecule has 1 aliphatic heterocycles. The third-order valence-electron chi connectivity index (χ3n) is 5.32. The summed E-state index contributed by atoms with van der Waals surface area (Å²) in [6.45, 7) is 8.53. The highest BCUT2D eigenvalue weighted by Gasteiger charge is 2.31. The van der Waals surface area contributed by atoms with E-state index in [0.29, 0.717) is 43.3 Å². The molecule has 0 saturated carbocycles. The Morgan fingerprint density at radius 1 is 1.07 bits per heavy atom. The van der Waals surface area contributed by atoms with Crippen molar-refractivity contribution in [1.82, 2.24) is 19.1 Å². The molecular formula is C20H25N5O2S. The van der Waals surface area contributed by atoms with E-state index < -0.39 is 10.0 Å². The van der Waals surface area contributed by atoms with Gasteiger partial charge in [0.05, 0.1) is 11.2 Å². The van der Waals surface area contributed by atoms with Gasteiger partial charge in [-0.1, -0.05) is 18.2 Å². The molecule has 3 aromatic rings. The molecule has 0 N–H and O–H groups in total. The molecule has 0 bridgehead atoms. The molecule has 1 saturated heterocycles. The van der Waals surface area contributed by atoms with Crippen LogP contribution in [0.5, 0.6) is 0 Å². The summed E-state index contributed by atoms with van der Waals surface area (Å²) in [6, 6.07) is 10.2. The van der Waals surface area contributed by atoms with Crippen molar-refractivity contribution in [2.24, 2.45) is 0 Å². The van der Waals surface area contributed by atoms with E-state index in [2.05, 4.69) is 29.1 Å². The number of hydrogen-bond donors (Lipinski definition) is 0. The maximum Gasteiger partial charge on any atom is 0.246 e. The smallest absolute Gasteiger partial charge is 0.246 e. The molecule has 3 heterocycles. The summed E-state index contributed by atoms with van der Waals surface area (Å²) in [4.78, 5) is 7.25. The molecule has 7 nitrogen and oxygen atoms in total. The average Bonchev–Trinajstić information content (AvgIpc) is 3.10. The predicted octanol–water partition coefficient (Wildman–Crippen LogP) is 2.58. The summed E-state index contributed by atoms with van der Waals surface area (Å²) >= 11 is 0. The van der Waals surface area contributed by atoms with Crippen LogP contribution in [0.4, 0.5) is 5.82 Å². The fourth-order valence-corrected chi connectivity index (χ4v) is 5.30. The first kappa shape index (κ1) is 18.9. The number of benzene rings is 1. The van der Waals surface area contributed by atoms with Gasteiger partial charge in [-0.2, -0.15) is 9.40 Å². The number of fused-ring (bicyclic) bond motifs is 1. The maximum atomic E-state index is 13.0. The predicted molar refractivity (Wildman–Crippen MR) is 110 cm³/mol. The number of hydrogen-bond acceptors (Lipinski definition) is 5. The average molecular weight is 400 g/mol. The van der Waals surface area contributed by atoms with Crippen molar-refractivity contribution in [3.05, 3.63) is 47.8 Å². The Morgan fingerprint density at radius 3 is 2.46 bits per heavy atom. The maximum absolute atomic E-state index is 13.0. The summed E-state index contributed by atoms with van der Waals surface area (Å²) in [5.41, 5.74) is 2.70. The van der Waals surface area contributed by atoms with Gasteiger partial charge in [-0.05, 0) is 38.5 Å². The standard InChI is InChI=1S/C20H25N5O2S/c1-4-24-14-19(16(3)22-24)28(26,27)25-11-9-23(10-12-25)20-13-15(2)17-7-5-6-8-18(17)21-20/h5-8,13-14H,4,9-12H2,1-3H3. The Bertz CT molecular complexity index is 1110. The van der Waals surface area contributed by atoms with E-state index in [0.717, 1.165) is 16.7 Å². The number of nitrogens with zero attached hydrogens (tertiary/aromatic N) is 5. The second kappa shape index (κ2) is 7.18. The lowest BCUT2D eigenvalue weighted by Gasteiger charge is -2.34. The fourth-order valence-electron chi connectivity index (χ4n) is 3.71. The minimum absolute atomic E-state index is 0.308. The number of para-hydroxylation sites is 1. The minimum Gasteiger partial charge on any atom is -0.354 e. The van der Waals surface area contributed by atoms with Gasteiger partial charge in [-0.25, -0.2) is 13.4 Å². The highest BCUT2D eigenvalue weighted by Crippen LogP contribution is 2.25. The zero-order valence-corrected chi connectivity index (χ0v) is 17.3. The van der Waals surface area contributed by atoms with Crippen molar-refractivity contribution in [3.63, 3.8) is 0 Å². The SMILES string of the molecule is CCn1cc(S(=O)(=O)N2CCN(c3cc(C)c4ccccc4n3)CC2)c(C)n1. The number of pyridine rings is 1. The molecule has 0 aliphatic carbocycles. The van der Waals surface area contributed by atoms with Crippen LogP contribution in [-0.2, 0) is 16.6 Å². The quantitative estimate of drug-likeness (QED) is 0.674. The van der Waals surface area contributed by atoms with E-state index in [-0.39, 0.29) is 0 Å². The molecule has 148 valence electrons. The molecule has 1 aliphatic rings. The third kappa shape index (κ3) is 3.27. The molecule has 4 rings (SSSR count). The van der Waals surface area contributed by atoms with Crippen LogP contribution in [0.1, 0.15) is 18.2 Å². The largest absolute Gasteiger partial charge is 0.354 e. The van der Waals surface area contributed by atoms with Crippen molar-refractivity contribution in [1.29, 1.82) is 0 Å². The van der Waals surface area contributed by atoms with Gasteiger partial charge < -0.3 is 4.90 Å². The zero-order chi connectivity index (χ0) is 19.9. The molecule has 0 unspecified atom stereocenters. The van der Waals surface area contributed by atoms with Crippen LogP contribution in [0, 0.1) is 13.8 Å². The van der Waals surface area contributed by atoms with E-state index in [1.54, 1.807) is 22.1 Å². The van der Waals surface area contributed by atoms with Gasteiger partial charge in [-0.3, -0.25) is 4.68 Å². The van der Waals surface area contributed by atoms with Crippen molar-refractivity contribution in [2.45, 2.75) is 32.2 Å². The summed E-state index contributed by atoms with van der Waals surface area (Å²) in [7, 11) is -3.53. The molecular weight excluding hydrogens is 374 g/mol. The summed E-state index contributed by atoms with van der Waals surface area (Å²) < 4.78 is 29.3. The monoisotopic (exact) mass is 399 g/mol. The van der Waals surface area contributed by atoms with Crippen LogP contribution < -0.4 is 4.90 Å². The van der Waals surface area contributed by atoms with Crippen molar-refractivity contribution < 1.29 is 8.42 Å². The summed E-state index contributed by atoms with van der Waals surface area (Å²) in [5, 5.41) is 5.43. The Kier molecular flexibility index (Phi) is 4.84. The van der Waals surface area contributed by atoms with E-state index in [9.17, 15) is 8.42 Å². The van der Waals surface area contributed by atoms with Gasteiger partial charge in [0.25, 0.3) is 0 Å². The highest BCUT2D eigenvalue weighted by molar-refractivity contribution is 7.89. The number of aryl methyl sites for hydroxylation is 3. The number of piperazine rings is 1. The summed E-state index contributed by atoms with van der Waals surface area (Å²) in [5.74, 6) is 0.906. The molecule has 8 heteroatoms. The molecule has 1 fully saturated rings. The molecule has 0 atom stereocenters. The van der Waals surface area contributed by atoms with Gasteiger partial charge >= 0.3 is 0 Å². The first-order valence-corrected chi connectivity index (χ1v) is 11.0. The van der Waals surface area contributed by atoms with Crippen molar-refractivity contribution >= 4 is 26.7 Å². The lowest BCUT2D eigenvalue weighted by molar-refractivity contribution is 0.383. The number of aromatic nitrogens is 3. The van der Waals surface area contributed by atoms with E-state index in [4.69, 9.17) is 4.98 Å². The van der Waals surface area contributed by atoms with E-state index >= 15 is 0 Å². The number of sulfonamides is 1. The molecule has 0 spiro atoms. The second-order valence-corrected chi connectivity index (χ2v) is 9.05. The zero-order valence-electron chi connectivity index (χ0n) is 16.5. The van der Waals surface area contributed by atoms with Crippen LogP contribution in [0.25, 0.3) is 10.9 Å². The molecule has 0 radical (unpaired) electrons. The summed E-state index contributed by atoms with van der Waals surface area (Å²) in [6.07, 6.45) is 1.63. The van der Waals surface area contributed by atoms with Crippen LogP contribution >= 0.6 is 0 Å². The molecule has 1 aromatic carbocycles. The van der Waals surface area contributed by atoms with Gasteiger partial charge in [0.2, 0.25) is 10.0 Å². The topological polar surface area (TPSA) is 71.3 Å². The van der Waals surface area contributed by atoms with E-state index in [1.807, 2.05) is 25.1 Å². The third-order valence-corrected chi connectivity index (χ3v) is 7.32. The van der Waals surface area contributed by atoms with Gasteiger partial charge in [-0.15, -0.1) is 0 Å². The van der Waals surface area contributed by atoms with Crippen molar-refractivity contribution in [3.8, 4) is 0 Å². The van der Waals surface area contributed by atoms with Gasteiger partial charge in [0.1, 0.15) is 10.7 Å². The Labute approximate surface area is 165 Å². The second-order valence-electron chi connectivity index (χ2n) is 7.14. The van der Waals surface area contributed by atoms with Gasteiger partial charge in [0.15, 0.2) is 0 Å². The normalized spacial score (nSPS) is 16.0. The Hall–Kier alpha value is -2.45. The molecule has 0 amide bonds. The van der Waals surface area contributed by atoms with Crippen LogP contribution in [-0.4, -0.2) is 53.7 Å². The van der Waals surface area contributed by atoms with E-state index in [1.165, 1.54) is 5.56 Å². The fraction of sp³-hybridized carbons (Fsp3) is 0.400. The first-order valence-electron chi connectivity index (χ1n) is 9.55. The number of rotatable bonds is 4. The Balaban J connectivity index is 1.54. The first-order chi connectivity index (χ1) is 13.4. The minimum atomic E-state index is -3.53. The Morgan fingerprint density at radius 2 is 1.79 bits per heavy atom. The van der Waals surface area contributed by atoms with Crippen LogP contribution in [0.3, 0.4) is 0 Å². The van der Waals surface area contributed by atoms with Crippen molar-refractivity contribution in [2.75, 3.05) is 31.1 Å². The number of anilines is 1. The van der Waals surface area contributed by atoms with Crippen LogP contribution in [0.2, 0.25) is 0 Å². The lowest BCUT2D eigenvalue weighted by Crippen LogP contribution is -2.49. The lowest BCUT2D eigenvalue weighted by atomic mass is 10.1. The molecule has 28 heavy (non-hydrogen) atoms.